The summed E-state index contributed by atoms with van der Waals surface area (Å²) in [6.07, 6.45) is 15.1. The first-order valence-electron chi connectivity index (χ1n) is 25.0. The predicted molar refractivity (Wildman–Crippen MR) is 256 cm³/mol. The minimum atomic E-state index is -2.41. The molecule has 0 aromatic rings. The van der Waals surface area contributed by atoms with E-state index < -0.39 is 65.7 Å². The number of ketones is 2. The second kappa shape index (κ2) is 27.3. The molecule has 4 rings (SSSR count). The van der Waals surface area contributed by atoms with Crippen molar-refractivity contribution >= 4 is 23.4 Å². The third kappa shape index (κ3) is 16.0. The standard InChI is InChI=1S/C53H85NO13/c1-33-16-12-11-13-17-35(3)45(62-8)31-41-21-19-39(7)53(61,67-41)50(58)51(59)54-23-15-14-18-42(54)52(60)66-46(37(5)29-40-20-22-44(65-25-24-55)47(30-40)63-9)32-43(56)36(4)28-38(6)49(57)48(64-10)27-34(2)26-33/h11-13,16-17,28,33-34,36-37,39-42,44-49,55,57,61H,14-15,18-27,29-32H2,1-10H3/b13-11+,16-12+,35-17+,38-28+/t33-,34-,36-,37-,39-,40+,41+,42+,44?,45+,46+,47-,48+,49-,53-/m1/s1. The van der Waals surface area contributed by atoms with Gasteiger partial charge < -0.3 is 48.6 Å². The van der Waals surface area contributed by atoms with E-state index in [0.29, 0.717) is 56.9 Å². The number of Topliss-reactive ketones (excluding diaryl/α,β-unsaturated/α-hetero) is 2. The van der Waals surface area contributed by atoms with Crippen molar-refractivity contribution in [2.75, 3.05) is 41.1 Å². The summed E-state index contributed by atoms with van der Waals surface area (Å²) < 4.78 is 35.9. The summed E-state index contributed by atoms with van der Waals surface area (Å²) in [5.41, 5.74) is 1.53. The maximum atomic E-state index is 14.5. The molecular formula is C53H85NO13. The van der Waals surface area contributed by atoms with Crippen LogP contribution in [0.1, 0.15) is 132 Å². The van der Waals surface area contributed by atoms with Crippen molar-refractivity contribution in [2.24, 2.45) is 35.5 Å². The molecule has 3 fully saturated rings. The zero-order valence-corrected chi connectivity index (χ0v) is 42.2. The molecule has 14 heteroatoms. The molecular weight excluding hydrogens is 859 g/mol. The topological polar surface area (TPSA) is 188 Å². The SMILES string of the molecule is CO[C@H]1C[C@@H]2CC[C@@H](C)[C@@](O)(O2)C(=O)C(=O)N2CCCC[C@H]2C(=O)O[C@H]([C@H](C)C[C@@H]2CCC(OCCO)[C@H](OC)C2)CC(=O)[C@H](C)/C=C(\C)[C@@H](O)[C@@H](OC)C[C@H](C)C[C@H](C)/C=C/C=C/C=C/1C. The van der Waals surface area contributed by atoms with Crippen LogP contribution in [0, 0.1) is 35.5 Å². The van der Waals surface area contributed by atoms with E-state index in [1.165, 1.54) is 4.90 Å². The molecule has 3 heterocycles. The van der Waals surface area contributed by atoms with Crippen molar-refractivity contribution in [3.8, 4) is 0 Å². The van der Waals surface area contributed by atoms with Crippen molar-refractivity contribution in [2.45, 2.75) is 186 Å². The molecule has 2 saturated heterocycles. The number of amides is 1. The van der Waals surface area contributed by atoms with Crippen LogP contribution in [0.2, 0.25) is 0 Å². The number of rotatable bonds is 9. The second-order valence-electron chi connectivity index (χ2n) is 20.3. The Morgan fingerprint density at radius 1 is 0.836 bits per heavy atom. The Hall–Kier alpha value is -3.08. The van der Waals surface area contributed by atoms with Crippen LogP contribution < -0.4 is 0 Å². The molecule has 1 saturated carbocycles. The normalized spacial score (nSPS) is 39.5. The summed E-state index contributed by atoms with van der Waals surface area (Å²) in [7, 11) is 4.84. The number of allylic oxidation sites excluding steroid dienone is 6. The van der Waals surface area contributed by atoms with Gasteiger partial charge in [-0.2, -0.15) is 0 Å². The number of piperidine rings is 1. The molecule has 4 aliphatic rings. The Morgan fingerprint density at radius 3 is 2.25 bits per heavy atom. The van der Waals surface area contributed by atoms with Crippen LogP contribution in [0.4, 0.5) is 0 Å². The Morgan fingerprint density at radius 2 is 1.57 bits per heavy atom. The van der Waals surface area contributed by atoms with E-state index in [1.807, 2.05) is 38.2 Å². The van der Waals surface area contributed by atoms with Crippen LogP contribution in [0.15, 0.2) is 47.6 Å². The van der Waals surface area contributed by atoms with Crippen molar-refractivity contribution in [1.29, 1.82) is 0 Å². The number of methoxy groups -OCH3 is 3. The van der Waals surface area contributed by atoms with Gasteiger partial charge in [-0.15, -0.1) is 0 Å². The summed E-state index contributed by atoms with van der Waals surface area (Å²) in [6.45, 7) is 13.7. The van der Waals surface area contributed by atoms with Gasteiger partial charge in [-0.05, 0) is 119 Å². The summed E-state index contributed by atoms with van der Waals surface area (Å²) in [6, 6.07) is -1.11. The van der Waals surface area contributed by atoms with Crippen LogP contribution in [-0.2, 0) is 47.6 Å². The lowest BCUT2D eigenvalue weighted by atomic mass is 9.78. The van der Waals surface area contributed by atoms with E-state index in [2.05, 4.69) is 19.9 Å². The number of aliphatic hydroxyl groups excluding tert-OH is 2. The third-order valence-electron chi connectivity index (χ3n) is 14.9. The Kier molecular flexibility index (Phi) is 23.1. The van der Waals surface area contributed by atoms with Gasteiger partial charge in [0, 0.05) is 52.6 Å². The van der Waals surface area contributed by atoms with Crippen molar-refractivity contribution in [3.05, 3.63) is 47.6 Å². The van der Waals surface area contributed by atoms with Crippen molar-refractivity contribution in [1.82, 2.24) is 4.90 Å². The van der Waals surface area contributed by atoms with Crippen LogP contribution in [0.25, 0.3) is 0 Å². The van der Waals surface area contributed by atoms with Crippen molar-refractivity contribution < 1.29 is 62.9 Å². The molecule has 3 N–H and O–H groups in total. The maximum Gasteiger partial charge on any atom is 0.329 e. The Bertz CT molecular complexity index is 1730. The molecule has 1 aliphatic carbocycles. The number of carbonyl (C=O) groups is 4. The first-order chi connectivity index (χ1) is 31.9. The van der Waals surface area contributed by atoms with Crippen LogP contribution in [-0.4, -0.2) is 139 Å². The van der Waals surface area contributed by atoms with Gasteiger partial charge in [-0.1, -0.05) is 71.1 Å². The predicted octanol–water partition coefficient (Wildman–Crippen LogP) is 7.02. The fourth-order valence-corrected chi connectivity index (χ4v) is 10.7. The Labute approximate surface area is 400 Å². The first kappa shape index (κ1) is 56.5. The van der Waals surface area contributed by atoms with Crippen LogP contribution in [0.3, 0.4) is 0 Å². The molecule has 1 unspecified atom stereocenters. The summed E-state index contributed by atoms with van der Waals surface area (Å²) in [5.74, 6) is -6.38. The zero-order valence-electron chi connectivity index (χ0n) is 42.2. The largest absolute Gasteiger partial charge is 0.460 e. The number of cyclic esters (lactones) is 1. The van der Waals surface area contributed by atoms with Gasteiger partial charge in [-0.25, -0.2) is 4.79 Å². The third-order valence-corrected chi connectivity index (χ3v) is 14.9. The molecule has 67 heavy (non-hydrogen) atoms. The Balaban J connectivity index is 1.68. The van der Waals surface area contributed by atoms with E-state index in [0.717, 1.165) is 24.8 Å². The maximum absolute atomic E-state index is 14.5. The molecule has 3 aliphatic heterocycles. The number of aliphatic hydroxyl groups is 3. The lowest BCUT2D eigenvalue weighted by molar-refractivity contribution is -0.265. The average molecular weight is 944 g/mol. The number of ether oxygens (including phenoxy) is 6. The van der Waals surface area contributed by atoms with E-state index in [4.69, 9.17) is 28.4 Å². The first-order valence-corrected chi connectivity index (χ1v) is 25.0. The smallest absolute Gasteiger partial charge is 0.329 e. The summed E-state index contributed by atoms with van der Waals surface area (Å²) in [4.78, 5) is 58.4. The molecule has 0 aromatic heterocycles. The number of esters is 1. The lowest BCUT2D eigenvalue weighted by Gasteiger charge is -2.42. The van der Waals surface area contributed by atoms with E-state index in [-0.39, 0.29) is 80.4 Å². The van der Waals surface area contributed by atoms with E-state index in [9.17, 15) is 34.5 Å². The number of hydrogen-bond donors (Lipinski definition) is 3. The molecule has 1 amide bonds. The van der Waals surface area contributed by atoms with Gasteiger partial charge in [0.1, 0.15) is 24.0 Å². The lowest BCUT2D eigenvalue weighted by Crippen LogP contribution is -2.61. The van der Waals surface area contributed by atoms with Crippen molar-refractivity contribution in [3.63, 3.8) is 0 Å². The van der Waals surface area contributed by atoms with Gasteiger partial charge >= 0.3 is 5.97 Å². The minimum absolute atomic E-state index is 0.0816. The fourth-order valence-electron chi connectivity index (χ4n) is 10.7. The molecule has 14 nitrogen and oxygen atoms in total. The number of hydrogen-bond acceptors (Lipinski definition) is 13. The molecule has 0 spiro atoms. The van der Waals surface area contributed by atoms with Gasteiger partial charge in [0.2, 0.25) is 5.79 Å². The van der Waals surface area contributed by atoms with Crippen LogP contribution >= 0.6 is 0 Å². The van der Waals surface area contributed by atoms with E-state index >= 15 is 0 Å². The highest BCUT2D eigenvalue weighted by atomic mass is 16.6. The average Bonchev–Trinajstić information content (AvgIpc) is 3.31. The minimum Gasteiger partial charge on any atom is -0.460 e. The van der Waals surface area contributed by atoms with Gasteiger partial charge in [0.05, 0.1) is 43.7 Å². The molecule has 0 radical (unpaired) electrons. The molecule has 2 bridgehead atoms. The number of carbonyl (C=O) groups excluding carboxylic acids is 4. The molecule has 380 valence electrons. The van der Waals surface area contributed by atoms with Gasteiger partial charge in [0.15, 0.2) is 0 Å². The number of nitrogens with zero attached hydrogens (tertiary/aromatic N) is 1. The highest BCUT2D eigenvalue weighted by Crippen LogP contribution is 2.38. The highest BCUT2D eigenvalue weighted by Gasteiger charge is 2.53. The summed E-state index contributed by atoms with van der Waals surface area (Å²) in [5, 5.41) is 32.8. The second-order valence-corrected chi connectivity index (χ2v) is 20.3. The van der Waals surface area contributed by atoms with Gasteiger partial charge in [0.25, 0.3) is 11.7 Å². The quantitative estimate of drug-likeness (QED) is 0.122. The fraction of sp³-hybridized carbons (Fsp3) is 0.774. The van der Waals surface area contributed by atoms with Crippen LogP contribution in [0.5, 0.6) is 0 Å². The highest BCUT2D eigenvalue weighted by molar-refractivity contribution is 6.39. The zero-order chi connectivity index (χ0) is 49.4. The molecule has 0 aromatic carbocycles. The summed E-state index contributed by atoms with van der Waals surface area (Å²) >= 11 is 0. The van der Waals surface area contributed by atoms with Gasteiger partial charge in [-0.3, -0.25) is 14.4 Å². The molecule has 15 atom stereocenters. The number of fused-ring (bicyclic) bond motifs is 3. The monoisotopic (exact) mass is 944 g/mol. The van der Waals surface area contributed by atoms with E-state index in [1.54, 1.807) is 48.2 Å².